The summed E-state index contributed by atoms with van der Waals surface area (Å²) in [6.45, 7) is 1.39. The molecule has 1 heterocycles. The van der Waals surface area contributed by atoms with Gasteiger partial charge in [0.1, 0.15) is 0 Å². The Balaban J connectivity index is 1.92. The Labute approximate surface area is 168 Å². The number of carbonyl (C=O) groups excluding carboxylic acids is 2. The van der Waals surface area contributed by atoms with Gasteiger partial charge in [0.15, 0.2) is 5.69 Å². The van der Waals surface area contributed by atoms with Crippen LogP contribution in [0.2, 0.25) is 0 Å². The number of para-hydroxylation sites is 1. The van der Waals surface area contributed by atoms with Crippen LogP contribution in [0.4, 0.5) is 13.2 Å². The minimum Gasteiger partial charge on any atom is -0.287 e. The molecule has 0 saturated heterocycles. The van der Waals surface area contributed by atoms with Gasteiger partial charge in [-0.3, -0.25) is 25.2 Å². The number of amides is 2. The summed E-state index contributed by atoms with van der Waals surface area (Å²) in [6, 6.07) is 13.6. The molecule has 7 nitrogen and oxygen atoms in total. The minimum atomic E-state index is -4.67. The van der Waals surface area contributed by atoms with Crippen molar-refractivity contribution in [3.8, 4) is 5.69 Å². The standard InChI is InChI=1S/C20H15F3N4O3/c1-12-11-16(28)17(19(30)25-24-18(29)13-7-3-2-4-8-13)26-27(12)15-10-6-5-9-14(15)20(21,22)23/h2-11H,1H3,(H,24,29)(H,25,30). The zero-order chi connectivity index (χ0) is 21.9. The SMILES string of the molecule is Cc1cc(=O)c(C(=O)NNC(=O)c2ccccc2)nn1-c1ccccc1C(F)(F)F. The molecule has 3 aromatic rings. The number of carbonyl (C=O) groups is 2. The van der Waals surface area contributed by atoms with Gasteiger partial charge in [-0.1, -0.05) is 30.3 Å². The summed E-state index contributed by atoms with van der Waals surface area (Å²) in [5, 5.41) is 3.81. The lowest BCUT2D eigenvalue weighted by Crippen LogP contribution is -2.44. The van der Waals surface area contributed by atoms with Gasteiger partial charge in [0.05, 0.1) is 11.3 Å². The molecule has 0 aliphatic heterocycles. The molecule has 154 valence electrons. The fraction of sp³-hybridized carbons (Fsp3) is 0.100. The number of hydrazine groups is 1. The molecular weight excluding hydrogens is 401 g/mol. The van der Waals surface area contributed by atoms with Crippen LogP contribution in [0.25, 0.3) is 5.69 Å². The second kappa shape index (κ2) is 8.19. The normalized spacial score (nSPS) is 11.1. The van der Waals surface area contributed by atoms with Crippen LogP contribution in [0.5, 0.6) is 0 Å². The molecular formula is C20H15F3N4O3. The molecule has 30 heavy (non-hydrogen) atoms. The number of nitrogens with one attached hydrogen (secondary N) is 2. The van der Waals surface area contributed by atoms with Crippen LogP contribution in [-0.4, -0.2) is 21.6 Å². The maximum atomic E-state index is 13.3. The number of halogens is 3. The third kappa shape index (κ3) is 4.37. The largest absolute Gasteiger partial charge is 0.418 e. The van der Waals surface area contributed by atoms with Crippen molar-refractivity contribution in [1.29, 1.82) is 0 Å². The van der Waals surface area contributed by atoms with E-state index in [0.717, 1.165) is 16.8 Å². The number of alkyl halides is 3. The molecule has 0 spiro atoms. The summed E-state index contributed by atoms with van der Waals surface area (Å²) < 4.78 is 40.9. The van der Waals surface area contributed by atoms with Gasteiger partial charge in [-0.15, -0.1) is 0 Å². The van der Waals surface area contributed by atoms with Gasteiger partial charge in [-0.2, -0.15) is 18.3 Å². The fourth-order valence-corrected chi connectivity index (χ4v) is 2.68. The zero-order valence-electron chi connectivity index (χ0n) is 15.5. The molecule has 0 aliphatic carbocycles. The van der Waals surface area contributed by atoms with E-state index in [1.165, 1.54) is 37.3 Å². The van der Waals surface area contributed by atoms with Crippen LogP contribution >= 0.6 is 0 Å². The summed E-state index contributed by atoms with van der Waals surface area (Å²) in [4.78, 5) is 36.6. The first-order chi connectivity index (χ1) is 14.2. The Morgan fingerprint density at radius 3 is 2.20 bits per heavy atom. The molecule has 0 unspecified atom stereocenters. The van der Waals surface area contributed by atoms with Crippen LogP contribution in [0.3, 0.4) is 0 Å². The van der Waals surface area contributed by atoms with E-state index in [0.29, 0.717) is 0 Å². The molecule has 0 atom stereocenters. The molecule has 1 aromatic heterocycles. The summed E-state index contributed by atoms with van der Waals surface area (Å²) >= 11 is 0. The van der Waals surface area contributed by atoms with Crippen LogP contribution in [0.1, 0.15) is 32.1 Å². The van der Waals surface area contributed by atoms with Crippen molar-refractivity contribution >= 4 is 11.8 Å². The number of aromatic nitrogens is 2. The highest BCUT2D eigenvalue weighted by atomic mass is 19.4. The fourth-order valence-electron chi connectivity index (χ4n) is 2.68. The maximum Gasteiger partial charge on any atom is 0.418 e. The monoisotopic (exact) mass is 416 g/mol. The maximum absolute atomic E-state index is 13.3. The average Bonchev–Trinajstić information content (AvgIpc) is 2.72. The number of aryl methyl sites for hydroxylation is 1. The molecule has 0 saturated carbocycles. The predicted octanol–water partition coefficient (Wildman–Crippen LogP) is 2.63. The zero-order valence-corrected chi connectivity index (χ0v) is 15.5. The second-order valence-corrected chi connectivity index (χ2v) is 6.20. The highest BCUT2D eigenvalue weighted by molar-refractivity contribution is 5.98. The third-order valence-corrected chi connectivity index (χ3v) is 4.09. The van der Waals surface area contributed by atoms with E-state index in [-0.39, 0.29) is 16.9 Å². The van der Waals surface area contributed by atoms with Gasteiger partial charge in [0.25, 0.3) is 11.8 Å². The van der Waals surface area contributed by atoms with E-state index >= 15 is 0 Å². The quantitative estimate of drug-likeness (QED) is 0.642. The number of hydrogen-bond donors (Lipinski definition) is 2. The molecule has 2 aromatic carbocycles. The molecule has 0 bridgehead atoms. The van der Waals surface area contributed by atoms with E-state index in [4.69, 9.17) is 0 Å². The third-order valence-electron chi connectivity index (χ3n) is 4.09. The summed E-state index contributed by atoms with van der Waals surface area (Å²) in [7, 11) is 0. The van der Waals surface area contributed by atoms with Crippen molar-refractivity contribution in [2.45, 2.75) is 13.1 Å². The van der Waals surface area contributed by atoms with E-state index in [2.05, 4.69) is 10.5 Å². The van der Waals surface area contributed by atoms with E-state index < -0.39 is 34.7 Å². The summed E-state index contributed by atoms with van der Waals surface area (Å²) in [5.74, 6) is -1.71. The lowest BCUT2D eigenvalue weighted by atomic mass is 10.1. The molecule has 3 rings (SSSR count). The number of nitrogens with zero attached hydrogens (tertiary/aromatic N) is 2. The van der Waals surface area contributed by atoms with Crippen LogP contribution in [-0.2, 0) is 6.18 Å². The Morgan fingerprint density at radius 2 is 1.53 bits per heavy atom. The van der Waals surface area contributed by atoms with E-state index in [9.17, 15) is 27.6 Å². The number of rotatable bonds is 3. The summed E-state index contributed by atoms with van der Waals surface area (Å²) in [5.41, 5.74) is 1.72. The minimum absolute atomic E-state index is 0.0987. The van der Waals surface area contributed by atoms with Crippen LogP contribution in [0, 0.1) is 6.92 Å². The Morgan fingerprint density at radius 1 is 0.933 bits per heavy atom. The van der Waals surface area contributed by atoms with Crippen molar-refractivity contribution in [3.63, 3.8) is 0 Å². The van der Waals surface area contributed by atoms with E-state index in [1.807, 2.05) is 5.43 Å². The lowest BCUT2D eigenvalue weighted by molar-refractivity contribution is -0.137. The molecule has 10 heteroatoms. The van der Waals surface area contributed by atoms with Crippen LogP contribution in [0.15, 0.2) is 65.5 Å². The van der Waals surface area contributed by atoms with Gasteiger partial charge in [-0.05, 0) is 31.2 Å². The topological polar surface area (TPSA) is 93.1 Å². The van der Waals surface area contributed by atoms with Crippen molar-refractivity contribution in [3.05, 3.63) is 93.4 Å². The Hall–Kier alpha value is -3.95. The van der Waals surface area contributed by atoms with Crippen LogP contribution < -0.4 is 16.3 Å². The first kappa shape index (κ1) is 20.8. The van der Waals surface area contributed by atoms with Gasteiger partial charge in [-0.25, -0.2) is 4.68 Å². The highest BCUT2D eigenvalue weighted by Gasteiger charge is 2.34. The Bertz CT molecular complexity index is 1160. The molecule has 0 radical (unpaired) electrons. The van der Waals surface area contributed by atoms with Crippen molar-refractivity contribution in [2.24, 2.45) is 0 Å². The second-order valence-electron chi connectivity index (χ2n) is 6.20. The van der Waals surface area contributed by atoms with E-state index in [1.54, 1.807) is 18.2 Å². The van der Waals surface area contributed by atoms with Crippen molar-refractivity contribution in [2.75, 3.05) is 0 Å². The first-order valence-corrected chi connectivity index (χ1v) is 8.62. The van der Waals surface area contributed by atoms with Crippen molar-refractivity contribution < 1.29 is 22.8 Å². The summed E-state index contributed by atoms with van der Waals surface area (Å²) in [6.07, 6.45) is -4.67. The first-order valence-electron chi connectivity index (χ1n) is 8.62. The highest BCUT2D eigenvalue weighted by Crippen LogP contribution is 2.33. The van der Waals surface area contributed by atoms with Crippen molar-refractivity contribution in [1.82, 2.24) is 20.6 Å². The molecule has 0 aliphatic rings. The van der Waals surface area contributed by atoms with Gasteiger partial charge in [0.2, 0.25) is 5.43 Å². The smallest absolute Gasteiger partial charge is 0.287 e. The van der Waals surface area contributed by atoms with Gasteiger partial charge in [0, 0.05) is 17.3 Å². The Kier molecular flexibility index (Phi) is 5.67. The molecule has 2 N–H and O–H groups in total. The van der Waals surface area contributed by atoms with Gasteiger partial charge >= 0.3 is 6.18 Å². The molecule has 0 fully saturated rings. The number of benzene rings is 2. The van der Waals surface area contributed by atoms with Gasteiger partial charge < -0.3 is 0 Å². The lowest BCUT2D eigenvalue weighted by Gasteiger charge is -2.16. The molecule has 2 amide bonds. The average molecular weight is 416 g/mol. The number of hydrogen-bond acceptors (Lipinski definition) is 4. The predicted molar refractivity (Wildman–Crippen MR) is 101 cm³/mol.